The predicted molar refractivity (Wildman–Crippen MR) is 96.2 cm³/mol. The van der Waals surface area contributed by atoms with Gasteiger partial charge in [-0.05, 0) is 17.2 Å². The fourth-order valence-electron chi connectivity index (χ4n) is 2.10. The summed E-state index contributed by atoms with van der Waals surface area (Å²) in [6.45, 7) is 0.405. The van der Waals surface area contributed by atoms with Crippen molar-refractivity contribution in [2.24, 2.45) is 0 Å². The van der Waals surface area contributed by atoms with E-state index in [2.05, 4.69) is 5.32 Å². The molecule has 0 bridgehead atoms. The number of hydrogen-bond donors (Lipinski definition) is 1. The second-order valence-electron chi connectivity index (χ2n) is 5.18. The minimum atomic E-state index is -0.803. The molecule has 0 saturated heterocycles. The van der Waals surface area contributed by atoms with Crippen molar-refractivity contribution in [1.29, 1.82) is 0 Å². The fourth-order valence-corrected chi connectivity index (χ4v) is 2.10. The largest absolute Gasteiger partial charge is 0.348 e. The first-order valence-corrected chi connectivity index (χ1v) is 7.56. The van der Waals surface area contributed by atoms with Crippen LogP contribution in [0.5, 0.6) is 0 Å². The molecule has 8 nitrogen and oxygen atoms in total. The zero-order valence-electron chi connectivity index (χ0n) is 13.6. The van der Waals surface area contributed by atoms with E-state index in [9.17, 15) is 25.0 Å². The van der Waals surface area contributed by atoms with Gasteiger partial charge in [-0.1, -0.05) is 48.6 Å². The lowest BCUT2D eigenvalue weighted by Crippen LogP contribution is -2.20. The van der Waals surface area contributed by atoms with Crippen LogP contribution >= 0.6 is 0 Å². The first-order chi connectivity index (χ1) is 12.5. The Morgan fingerprint density at radius 2 is 1.65 bits per heavy atom. The molecule has 0 atom stereocenters. The number of amides is 1. The van der Waals surface area contributed by atoms with E-state index in [1.54, 1.807) is 0 Å². The van der Waals surface area contributed by atoms with Crippen LogP contribution in [0, 0.1) is 20.2 Å². The number of carbonyl (C=O) groups is 1. The summed E-state index contributed by atoms with van der Waals surface area (Å²) in [6, 6.07) is 13.0. The Balaban J connectivity index is 1.96. The van der Waals surface area contributed by atoms with Gasteiger partial charge in [-0.25, -0.2) is 0 Å². The monoisotopic (exact) mass is 353 g/mol. The van der Waals surface area contributed by atoms with Crippen molar-refractivity contribution < 1.29 is 14.6 Å². The van der Waals surface area contributed by atoms with Crippen molar-refractivity contribution >= 4 is 23.4 Å². The minimum Gasteiger partial charge on any atom is -0.348 e. The third-order valence-corrected chi connectivity index (χ3v) is 3.35. The summed E-state index contributed by atoms with van der Waals surface area (Å²) in [6.07, 6.45) is 5.83. The Labute approximate surface area is 148 Å². The number of carbonyl (C=O) groups excluding carboxylic acids is 1. The highest BCUT2D eigenvalue weighted by molar-refractivity contribution is 5.87. The Morgan fingerprint density at radius 3 is 2.31 bits per heavy atom. The van der Waals surface area contributed by atoms with Gasteiger partial charge in [0.1, 0.15) is 0 Å². The molecule has 0 heterocycles. The summed E-state index contributed by atoms with van der Waals surface area (Å²) in [5, 5.41) is 24.4. The maximum Gasteiger partial charge on any atom is 0.346 e. The molecule has 0 radical (unpaired) electrons. The maximum absolute atomic E-state index is 11.7. The Morgan fingerprint density at radius 1 is 0.962 bits per heavy atom. The minimum absolute atomic E-state index is 0.284. The van der Waals surface area contributed by atoms with Gasteiger partial charge in [0.2, 0.25) is 5.91 Å². The molecule has 0 aliphatic carbocycles. The van der Waals surface area contributed by atoms with Crippen molar-refractivity contribution in [2.45, 2.75) is 6.54 Å². The lowest BCUT2D eigenvalue weighted by Gasteiger charge is -2.01. The maximum atomic E-state index is 11.7. The average Bonchev–Trinajstić information content (AvgIpc) is 2.64. The molecule has 26 heavy (non-hydrogen) atoms. The number of benzene rings is 2. The molecule has 8 heteroatoms. The van der Waals surface area contributed by atoms with Gasteiger partial charge in [0.25, 0.3) is 0 Å². The zero-order chi connectivity index (χ0) is 18.9. The van der Waals surface area contributed by atoms with Crippen LogP contribution in [0.15, 0.2) is 66.8 Å². The molecule has 0 aromatic heterocycles. The highest BCUT2D eigenvalue weighted by atomic mass is 16.6. The van der Waals surface area contributed by atoms with Gasteiger partial charge in [0.05, 0.1) is 9.85 Å². The van der Waals surface area contributed by atoms with E-state index >= 15 is 0 Å². The molecule has 0 spiro atoms. The number of hydrogen-bond acceptors (Lipinski definition) is 5. The normalized spacial score (nSPS) is 10.9. The van der Waals surface area contributed by atoms with Crippen molar-refractivity contribution in [3.8, 4) is 0 Å². The van der Waals surface area contributed by atoms with Crippen LogP contribution in [0.3, 0.4) is 0 Å². The molecule has 132 valence electrons. The molecule has 0 unspecified atom stereocenters. The molecule has 2 aromatic rings. The third-order valence-electron chi connectivity index (χ3n) is 3.35. The number of nitro benzene ring substituents is 2. The van der Waals surface area contributed by atoms with E-state index in [1.165, 1.54) is 30.4 Å². The quantitative estimate of drug-likeness (QED) is 0.354. The van der Waals surface area contributed by atoms with Crippen molar-refractivity contribution in [2.75, 3.05) is 0 Å². The summed E-state index contributed by atoms with van der Waals surface area (Å²) in [4.78, 5) is 31.7. The molecule has 1 N–H and O–H groups in total. The van der Waals surface area contributed by atoms with E-state index in [0.717, 1.165) is 17.7 Å². The topological polar surface area (TPSA) is 115 Å². The first kappa shape index (κ1) is 18.5. The molecule has 0 fully saturated rings. The summed E-state index contributed by atoms with van der Waals surface area (Å²) in [5.41, 5.74) is 0.240. The van der Waals surface area contributed by atoms with Crippen LogP contribution in [-0.4, -0.2) is 15.8 Å². The Bertz CT molecular complexity index is 876. The SMILES string of the molecule is O=C(/C=C/C=C/c1ccc([N+](=O)[O-])c([N+](=O)[O-])c1)NCc1ccccc1. The average molecular weight is 353 g/mol. The standard InChI is InChI=1S/C18H15N3O5/c22-18(19-13-15-7-2-1-3-8-15)9-5-4-6-14-10-11-16(20(23)24)17(12-14)21(25)26/h1-12H,13H2,(H,19,22)/b6-4+,9-5+. The molecular weight excluding hydrogens is 338 g/mol. The van der Waals surface area contributed by atoms with Crippen molar-refractivity contribution in [3.63, 3.8) is 0 Å². The van der Waals surface area contributed by atoms with E-state index in [0.29, 0.717) is 12.1 Å². The molecule has 1 amide bonds. The van der Waals surface area contributed by atoms with Gasteiger partial charge in [-0.2, -0.15) is 0 Å². The van der Waals surface area contributed by atoms with Crippen LogP contribution < -0.4 is 5.32 Å². The molecule has 2 rings (SSSR count). The molecule has 0 saturated carbocycles. The Kier molecular flexibility index (Phi) is 6.33. The summed E-state index contributed by atoms with van der Waals surface area (Å²) in [5.74, 6) is -0.284. The second-order valence-corrected chi connectivity index (χ2v) is 5.18. The molecular formula is C18H15N3O5. The van der Waals surface area contributed by atoms with E-state index in [4.69, 9.17) is 0 Å². The van der Waals surface area contributed by atoms with Gasteiger partial charge < -0.3 is 5.32 Å². The number of nitrogens with zero attached hydrogens (tertiary/aromatic N) is 2. The second kappa shape index (κ2) is 8.88. The van der Waals surface area contributed by atoms with Crippen LogP contribution in [-0.2, 0) is 11.3 Å². The third kappa shape index (κ3) is 5.38. The van der Waals surface area contributed by atoms with E-state index in [1.807, 2.05) is 30.3 Å². The van der Waals surface area contributed by atoms with Crippen molar-refractivity contribution in [1.82, 2.24) is 5.32 Å². The number of nitrogens with one attached hydrogen (secondary N) is 1. The van der Waals surface area contributed by atoms with Gasteiger partial charge >= 0.3 is 11.4 Å². The summed E-state index contributed by atoms with van der Waals surface area (Å²) < 4.78 is 0. The van der Waals surface area contributed by atoms with E-state index in [-0.39, 0.29) is 5.91 Å². The summed E-state index contributed by atoms with van der Waals surface area (Å²) in [7, 11) is 0. The fraction of sp³-hybridized carbons (Fsp3) is 0.0556. The number of rotatable bonds is 7. The number of allylic oxidation sites excluding steroid dienone is 2. The number of nitro groups is 2. The lowest BCUT2D eigenvalue weighted by atomic mass is 10.1. The van der Waals surface area contributed by atoms with Crippen LogP contribution in [0.25, 0.3) is 6.08 Å². The predicted octanol–water partition coefficient (Wildman–Crippen LogP) is 3.39. The lowest BCUT2D eigenvalue weighted by molar-refractivity contribution is -0.422. The smallest absolute Gasteiger partial charge is 0.346 e. The molecule has 2 aromatic carbocycles. The molecule has 0 aliphatic rings. The van der Waals surface area contributed by atoms with Crippen LogP contribution in [0.2, 0.25) is 0 Å². The first-order valence-electron chi connectivity index (χ1n) is 7.56. The van der Waals surface area contributed by atoms with Gasteiger partial charge in [-0.15, -0.1) is 0 Å². The van der Waals surface area contributed by atoms with Gasteiger partial charge in [-0.3, -0.25) is 25.0 Å². The highest BCUT2D eigenvalue weighted by Gasteiger charge is 2.23. The van der Waals surface area contributed by atoms with Crippen LogP contribution in [0.1, 0.15) is 11.1 Å². The Hall–Kier alpha value is -3.81. The summed E-state index contributed by atoms with van der Waals surface area (Å²) >= 11 is 0. The highest BCUT2D eigenvalue weighted by Crippen LogP contribution is 2.27. The van der Waals surface area contributed by atoms with Crippen LogP contribution in [0.4, 0.5) is 11.4 Å². The van der Waals surface area contributed by atoms with E-state index < -0.39 is 21.2 Å². The molecule has 0 aliphatic heterocycles. The zero-order valence-corrected chi connectivity index (χ0v) is 13.6. The van der Waals surface area contributed by atoms with Gasteiger partial charge in [0, 0.05) is 24.8 Å². The van der Waals surface area contributed by atoms with Gasteiger partial charge in [0.15, 0.2) is 0 Å². The van der Waals surface area contributed by atoms with Crippen molar-refractivity contribution in [3.05, 3.63) is 98.1 Å².